The largest absolute Gasteiger partial charge is 0.310 e. The van der Waals surface area contributed by atoms with Crippen LogP contribution in [0.3, 0.4) is 0 Å². The molecule has 1 N–H and O–H groups in total. The van der Waals surface area contributed by atoms with Crippen LogP contribution in [-0.4, -0.2) is 29.5 Å². The zero-order valence-corrected chi connectivity index (χ0v) is 13.3. The van der Waals surface area contributed by atoms with Gasteiger partial charge in [-0.15, -0.1) is 11.3 Å². The van der Waals surface area contributed by atoms with Gasteiger partial charge in [-0.1, -0.05) is 26.7 Å². The van der Waals surface area contributed by atoms with Crippen LogP contribution in [0.25, 0.3) is 0 Å². The second-order valence-corrected chi connectivity index (χ2v) is 7.05. The van der Waals surface area contributed by atoms with Crippen LogP contribution in [0.15, 0.2) is 5.38 Å². The Balaban J connectivity index is 1.76. The Labute approximate surface area is 121 Å². The molecule has 1 aliphatic carbocycles. The van der Waals surface area contributed by atoms with Crippen LogP contribution in [-0.2, 0) is 13.1 Å². The average Bonchev–Trinajstić information content (AvgIpc) is 2.99. The van der Waals surface area contributed by atoms with Crippen molar-refractivity contribution in [2.45, 2.75) is 58.7 Å². The van der Waals surface area contributed by atoms with Crippen molar-refractivity contribution in [3.05, 3.63) is 16.1 Å². The first-order valence-corrected chi connectivity index (χ1v) is 8.37. The second-order valence-electron chi connectivity index (χ2n) is 6.11. The first-order valence-electron chi connectivity index (χ1n) is 7.49. The summed E-state index contributed by atoms with van der Waals surface area (Å²) in [6, 6.07) is 0.782. The molecule has 0 spiro atoms. The monoisotopic (exact) mass is 281 g/mol. The molecule has 1 fully saturated rings. The van der Waals surface area contributed by atoms with Crippen molar-refractivity contribution in [2.75, 3.05) is 13.6 Å². The number of aromatic nitrogens is 1. The molecule has 0 saturated heterocycles. The van der Waals surface area contributed by atoms with Crippen LogP contribution < -0.4 is 5.32 Å². The summed E-state index contributed by atoms with van der Waals surface area (Å²) in [6.45, 7) is 7.45. The van der Waals surface area contributed by atoms with Gasteiger partial charge in [0.15, 0.2) is 0 Å². The van der Waals surface area contributed by atoms with Crippen LogP contribution in [0.4, 0.5) is 0 Å². The Kier molecular flexibility index (Phi) is 5.79. The van der Waals surface area contributed by atoms with E-state index in [0.29, 0.717) is 5.92 Å². The van der Waals surface area contributed by atoms with E-state index in [1.165, 1.54) is 36.4 Å². The summed E-state index contributed by atoms with van der Waals surface area (Å²) >= 11 is 1.79. The standard InChI is InChI=1S/C15H27N3S/c1-12(2)8-16-9-15-17-13(11-19-15)10-18(3)14-6-4-5-7-14/h11-12,14,16H,4-10H2,1-3H3. The van der Waals surface area contributed by atoms with Crippen LogP contribution in [0.5, 0.6) is 0 Å². The Morgan fingerprint density at radius 2 is 2.16 bits per heavy atom. The average molecular weight is 281 g/mol. The van der Waals surface area contributed by atoms with E-state index in [0.717, 1.165) is 25.7 Å². The minimum absolute atomic E-state index is 0.702. The van der Waals surface area contributed by atoms with Crippen LogP contribution in [0, 0.1) is 5.92 Å². The maximum absolute atomic E-state index is 4.73. The molecule has 1 aliphatic rings. The van der Waals surface area contributed by atoms with Gasteiger partial charge < -0.3 is 5.32 Å². The van der Waals surface area contributed by atoms with Gasteiger partial charge >= 0.3 is 0 Å². The van der Waals surface area contributed by atoms with Gasteiger partial charge in [-0.3, -0.25) is 4.90 Å². The maximum Gasteiger partial charge on any atom is 0.107 e. The van der Waals surface area contributed by atoms with Crippen LogP contribution in [0.1, 0.15) is 50.2 Å². The van der Waals surface area contributed by atoms with Crippen molar-refractivity contribution >= 4 is 11.3 Å². The smallest absolute Gasteiger partial charge is 0.107 e. The highest BCUT2D eigenvalue weighted by atomic mass is 32.1. The van der Waals surface area contributed by atoms with Crippen LogP contribution in [0.2, 0.25) is 0 Å². The normalized spacial score (nSPS) is 16.9. The number of rotatable bonds is 7. The minimum atomic E-state index is 0.702. The molecule has 0 bridgehead atoms. The van der Waals surface area contributed by atoms with E-state index < -0.39 is 0 Å². The van der Waals surface area contributed by atoms with E-state index in [1.54, 1.807) is 11.3 Å². The van der Waals surface area contributed by atoms with Gasteiger partial charge in [0.2, 0.25) is 0 Å². The molecule has 0 amide bonds. The zero-order valence-electron chi connectivity index (χ0n) is 12.5. The topological polar surface area (TPSA) is 28.2 Å². The first-order chi connectivity index (χ1) is 9.15. The van der Waals surface area contributed by atoms with E-state index >= 15 is 0 Å². The van der Waals surface area contributed by atoms with Gasteiger partial charge in [-0.25, -0.2) is 4.98 Å². The Bertz CT molecular complexity index is 369. The third-order valence-corrected chi connectivity index (χ3v) is 4.69. The molecular weight excluding hydrogens is 254 g/mol. The van der Waals surface area contributed by atoms with Gasteiger partial charge in [0.05, 0.1) is 5.69 Å². The molecule has 0 aromatic carbocycles. The summed E-state index contributed by atoms with van der Waals surface area (Å²) in [5.74, 6) is 0.702. The fourth-order valence-electron chi connectivity index (χ4n) is 2.70. The van der Waals surface area contributed by atoms with Gasteiger partial charge in [-0.05, 0) is 32.4 Å². The Morgan fingerprint density at radius 1 is 1.42 bits per heavy atom. The van der Waals surface area contributed by atoms with Gasteiger partial charge in [0.25, 0.3) is 0 Å². The Morgan fingerprint density at radius 3 is 2.84 bits per heavy atom. The van der Waals surface area contributed by atoms with Crippen molar-refractivity contribution in [2.24, 2.45) is 5.92 Å². The lowest BCUT2D eigenvalue weighted by atomic mass is 10.2. The fourth-order valence-corrected chi connectivity index (χ4v) is 3.45. The predicted molar refractivity (Wildman–Crippen MR) is 82.4 cm³/mol. The fraction of sp³-hybridized carbons (Fsp3) is 0.800. The van der Waals surface area contributed by atoms with Gasteiger partial charge in [0, 0.05) is 24.5 Å². The molecular formula is C15H27N3S. The van der Waals surface area contributed by atoms with Crippen molar-refractivity contribution in [1.29, 1.82) is 0 Å². The molecule has 1 aromatic rings. The lowest BCUT2D eigenvalue weighted by molar-refractivity contribution is 0.235. The van der Waals surface area contributed by atoms with Gasteiger partial charge in [0.1, 0.15) is 5.01 Å². The van der Waals surface area contributed by atoms with Crippen molar-refractivity contribution in [1.82, 2.24) is 15.2 Å². The molecule has 1 aromatic heterocycles. The Hall–Kier alpha value is -0.450. The molecule has 4 heteroatoms. The summed E-state index contributed by atoms with van der Waals surface area (Å²) in [7, 11) is 2.24. The molecule has 3 nitrogen and oxygen atoms in total. The highest BCUT2D eigenvalue weighted by Crippen LogP contribution is 2.23. The van der Waals surface area contributed by atoms with E-state index in [1.807, 2.05) is 0 Å². The van der Waals surface area contributed by atoms with Crippen molar-refractivity contribution < 1.29 is 0 Å². The third kappa shape index (κ3) is 4.86. The summed E-state index contributed by atoms with van der Waals surface area (Å²) < 4.78 is 0. The number of nitrogens with zero attached hydrogens (tertiary/aromatic N) is 2. The number of thiazole rings is 1. The highest BCUT2D eigenvalue weighted by molar-refractivity contribution is 7.09. The molecule has 0 radical (unpaired) electrons. The van der Waals surface area contributed by atoms with Crippen molar-refractivity contribution in [3.63, 3.8) is 0 Å². The molecule has 1 saturated carbocycles. The van der Waals surface area contributed by atoms with Crippen LogP contribution >= 0.6 is 11.3 Å². The van der Waals surface area contributed by atoms with E-state index in [2.05, 4.69) is 36.5 Å². The predicted octanol–water partition coefficient (Wildman–Crippen LogP) is 3.26. The first kappa shape index (κ1) is 14.9. The summed E-state index contributed by atoms with van der Waals surface area (Å²) in [5.41, 5.74) is 1.24. The summed E-state index contributed by atoms with van der Waals surface area (Å²) in [5, 5.41) is 6.90. The maximum atomic E-state index is 4.73. The minimum Gasteiger partial charge on any atom is -0.310 e. The highest BCUT2D eigenvalue weighted by Gasteiger charge is 2.20. The summed E-state index contributed by atoms with van der Waals surface area (Å²) in [4.78, 5) is 7.21. The molecule has 0 aliphatic heterocycles. The summed E-state index contributed by atoms with van der Waals surface area (Å²) in [6.07, 6.45) is 5.53. The van der Waals surface area contributed by atoms with E-state index in [4.69, 9.17) is 4.98 Å². The number of hydrogen-bond acceptors (Lipinski definition) is 4. The quantitative estimate of drug-likeness (QED) is 0.831. The number of nitrogens with one attached hydrogen (secondary N) is 1. The molecule has 108 valence electrons. The molecule has 19 heavy (non-hydrogen) atoms. The third-order valence-electron chi connectivity index (χ3n) is 3.79. The van der Waals surface area contributed by atoms with E-state index in [9.17, 15) is 0 Å². The number of hydrogen-bond donors (Lipinski definition) is 1. The van der Waals surface area contributed by atoms with Gasteiger partial charge in [-0.2, -0.15) is 0 Å². The molecule has 0 atom stereocenters. The molecule has 1 heterocycles. The lowest BCUT2D eigenvalue weighted by Gasteiger charge is -2.22. The lowest BCUT2D eigenvalue weighted by Crippen LogP contribution is -2.28. The zero-order chi connectivity index (χ0) is 13.7. The second kappa shape index (κ2) is 7.36. The SMILES string of the molecule is CC(C)CNCc1nc(CN(C)C2CCCC2)cs1. The molecule has 2 rings (SSSR count). The van der Waals surface area contributed by atoms with E-state index in [-0.39, 0.29) is 0 Å². The molecule has 0 unspecified atom stereocenters. The van der Waals surface area contributed by atoms with Crippen molar-refractivity contribution in [3.8, 4) is 0 Å².